The van der Waals surface area contributed by atoms with Crippen molar-refractivity contribution >= 4 is 16.8 Å². The van der Waals surface area contributed by atoms with Gasteiger partial charge in [0, 0.05) is 41.8 Å². The van der Waals surface area contributed by atoms with Crippen LogP contribution in [0.25, 0.3) is 10.9 Å². The predicted molar refractivity (Wildman–Crippen MR) is 114 cm³/mol. The molecule has 1 N–H and O–H groups in total. The van der Waals surface area contributed by atoms with Gasteiger partial charge in [-0.05, 0) is 68.9 Å². The average Bonchev–Trinajstić information content (AvgIpc) is 3.14. The highest BCUT2D eigenvalue weighted by Crippen LogP contribution is 2.23. The van der Waals surface area contributed by atoms with Crippen molar-refractivity contribution in [1.82, 2.24) is 15.0 Å². The number of piperidine rings is 1. The Kier molecular flexibility index (Phi) is 5.49. The number of aromatic nitrogens is 1. The van der Waals surface area contributed by atoms with Crippen LogP contribution in [0.15, 0.2) is 60.8 Å². The van der Waals surface area contributed by atoms with Gasteiger partial charge in [-0.2, -0.15) is 0 Å². The molecule has 0 saturated carbocycles. The molecular weight excluding hydrogens is 346 g/mol. The minimum atomic E-state index is -0.0132. The van der Waals surface area contributed by atoms with E-state index in [4.69, 9.17) is 0 Å². The van der Waals surface area contributed by atoms with Gasteiger partial charge < -0.3 is 4.57 Å². The number of hydrogen-bond acceptors (Lipinski definition) is 2. The van der Waals surface area contributed by atoms with Crippen molar-refractivity contribution in [2.24, 2.45) is 5.92 Å². The van der Waals surface area contributed by atoms with E-state index in [1.807, 2.05) is 12.1 Å². The lowest BCUT2D eigenvalue weighted by molar-refractivity contribution is 0.0702. The van der Waals surface area contributed by atoms with Crippen LogP contribution in [0.2, 0.25) is 0 Å². The van der Waals surface area contributed by atoms with Gasteiger partial charge in [0.15, 0.2) is 0 Å². The van der Waals surface area contributed by atoms with Gasteiger partial charge >= 0.3 is 0 Å². The number of rotatable bonds is 5. The molecule has 3 aromatic rings. The minimum absolute atomic E-state index is 0.0132. The molecule has 4 rings (SSSR count). The third-order valence-corrected chi connectivity index (χ3v) is 5.78. The van der Waals surface area contributed by atoms with Gasteiger partial charge in [0.1, 0.15) is 0 Å². The highest BCUT2D eigenvalue weighted by Gasteiger charge is 2.21. The van der Waals surface area contributed by atoms with E-state index in [0.29, 0.717) is 12.0 Å². The van der Waals surface area contributed by atoms with Gasteiger partial charge in [0.25, 0.3) is 5.91 Å². The van der Waals surface area contributed by atoms with Crippen molar-refractivity contribution in [2.45, 2.75) is 39.2 Å². The summed E-state index contributed by atoms with van der Waals surface area (Å²) in [5, 5.41) is 3.19. The largest absolute Gasteiger partial charge is 0.345 e. The molecule has 0 unspecified atom stereocenters. The average molecular weight is 376 g/mol. The first-order valence-corrected chi connectivity index (χ1v) is 10.3. The number of benzene rings is 2. The molecule has 0 bridgehead atoms. The van der Waals surface area contributed by atoms with Crippen molar-refractivity contribution in [2.75, 3.05) is 13.1 Å². The smallest absolute Gasteiger partial charge is 0.265 e. The fraction of sp³-hybridized carbons (Fsp3) is 0.375. The Labute approximate surface area is 167 Å². The number of hydrazine groups is 1. The summed E-state index contributed by atoms with van der Waals surface area (Å²) < 4.78 is 2.23. The molecule has 4 nitrogen and oxygen atoms in total. The second-order valence-electron chi connectivity index (χ2n) is 8.15. The van der Waals surface area contributed by atoms with Crippen molar-refractivity contribution in [3.05, 3.63) is 71.9 Å². The maximum absolute atomic E-state index is 12.7. The normalized spacial score (nSPS) is 16.0. The summed E-state index contributed by atoms with van der Waals surface area (Å²) in [6.45, 7) is 6.16. The zero-order chi connectivity index (χ0) is 19.5. The molecule has 0 aliphatic carbocycles. The molecule has 1 fully saturated rings. The van der Waals surface area contributed by atoms with Gasteiger partial charge in [-0.3, -0.25) is 10.2 Å². The Morgan fingerprint density at radius 3 is 2.54 bits per heavy atom. The van der Waals surface area contributed by atoms with Crippen LogP contribution in [0.5, 0.6) is 0 Å². The van der Waals surface area contributed by atoms with Gasteiger partial charge in [0.2, 0.25) is 0 Å². The summed E-state index contributed by atoms with van der Waals surface area (Å²) in [6, 6.07) is 19.2. The van der Waals surface area contributed by atoms with Crippen molar-refractivity contribution < 1.29 is 4.79 Å². The number of hydrogen-bond donors (Lipinski definition) is 1. The predicted octanol–water partition coefficient (Wildman–Crippen LogP) is 4.82. The van der Waals surface area contributed by atoms with Crippen LogP contribution in [0, 0.1) is 5.92 Å². The second kappa shape index (κ2) is 8.19. The zero-order valence-corrected chi connectivity index (χ0v) is 16.8. The molecule has 2 aromatic carbocycles. The third-order valence-electron chi connectivity index (χ3n) is 5.78. The second-order valence-corrected chi connectivity index (χ2v) is 8.15. The van der Waals surface area contributed by atoms with Crippen LogP contribution >= 0.6 is 0 Å². The van der Waals surface area contributed by atoms with E-state index in [-0.39, 0.29) is 5.91 Å². The van der Waals surface area contributed by atoms with Crippen molar-refractivity contribution in [1.29, 1.82) is 0 Å². The summed E-state index contributed by atoms with van der Waals surface area (Å²) in [4.78, 5) is 12.7. The molecule has 4 heteroatoms. The van der Waals surface area contributed by atoms with E-state index < -0.39 is 0 Å². The fourth-order valence-corrected chi connectivity index (χ4v) is 4.16. The Morgan fingerprint density at radius 2 is 1.82 bits per heavy atom. The summed E-state index contributed by atoms with van der Waals surface area (Å²) in [5.74, 6) is 0.684. The van der Waals surface area contributed by atoms with Gasteiger partial charge in [0.05, 0.1) is 0 Å². The van der Waals surface area contributed by atoms with Crippen LogP contribution in [-0.4, -0.2) is 28.6 Å². The van der Waals surface area contributed by atoms with Crippen LogP contribution in [0.1, 0.15) is 48.7 Å². The summed E-state index contributed by atoms with van der Waals surface area (Å²) >= 11 is 0. The van der Waals surface area contributed by atoms with Crippen LogP contribution in [0.3, 0.4) is 0 Å². The number of carbonyl (C=O) groups is 1. The number of amides is 1. The van der Waals surface area contributed by atoms with E-state index in [2.05, 4.69) is 77.5 Å². The molecule has 146 valence electrons. The van der Waals surface area contributed by atoms with Crippen molar-refractivity contribution in [3.8, 4) is 0 Å². The molecule has 1 saturated heterocycles. The molecule has 1 aliphatic rings. The minimum Gasteiger partial charge on any atom is -0.345 e. The van der Waals surface area contributed by atoms with Gasteiger partial charge in [-0.1, -0.05) is 30.3 Å². The number of nitrogens with one attached hydrogen (secondary N) is 1. The van der Waals surface area contributed by atoms with Crippen LogP contribution < -0.4 is 5.43 Å². The van der Waals surface area contributed by atoms with E-state index in [1.165, 1.54) is 11.1 Å². The summed E-state index contributed by atoms with van der Waals surface area (Å²) in [5.41, 5.74) is 6.41. The molecule has 0 atom stereocenters. The monoisotopic (exact) mass is 375 g/mol. The summed E-state index contributed by atoms with van der Waals surface area (Å²) in [7, 11) is 0. The first kappa shape index (κ1) is 18.8. The maximum Gasteiger partial charge on any atom is 0.265 e. The quantitative estimate of drug-likeness (QED) is 0.694. The Morgan fingerprint density at radius 1 is 1.07 bits per heavy atom. The SMILES string of the molecule is CC(C)n1ccc2cc(C(=O)NN3CCC(Cc4ccccc4)CC3)ccc21. The molecule has 1 aromatic heterocycles. The number of carbonyl (C=O) groups excluding carboxylic acids is 1. The number of nitrogens with zero attached hydrogens (tertiary/aromatic N) is 2. The first-order chi connectivity index (χ1) is 13.6. The molecule has 1 amide bonds. The Balaban J connectivity index is 1.34. The highest BCUT2D eigenvalue weighted by molar-refractivity contribution is 5.98. The molecule has 28 heavy (non-hydrogen) atoms. The molecular formula is C24H29N3O. The van der Waals surface area contributed by atoms with E-state index in [0.717, 1.165) is 43.3 Å². The van der Waals surface area contributed by atoms with E-state index >= 15 is 0 Å². The first-order valence-electron chi connectivity index (χ1n) is 10.3. The van der Waals surface area contributed by atoms with Crippen LogP contribution in [-0.2, 0) is 6.42 Å². The zero-order valence-electron chi connectivity index (χ0n) is 16.8. The molecule has 0 radical (unpaired) electrons. The van der Waals surface area contributed by atoms with Crippen LogP contribution in [0.4, 0.5) is 0 Å². The highest BCUT2D eigenvalue weighted by atomic mass is 16.2. The number of fused-ring (bicyclic) bond motifs is 1. The summed E-state index contributed by atoms with van der Waals surface area (Å²) in [6.07, 6.45) is 5.46. The molecule has 1 aliphatic heterocycles. The Hall–Kier alpha value is -2.59. The van der Waals surface area contributed by atoms with Gasteiger partial charge in [-0.25, -0.2) is 5.01 Å². The maximum atomic E-state index is 12.7. The lowest BCUT2D eigenvalue weighted by atomic mass is 9.91. The van der Waals surface area contributed by atoms with E-state index in [9.17, 15) is 4.79 Å². The Bertz CT molecular complexity index is 937. The lowest BCUT2D eigenvalue weighted by Crippen LogP contribution is -2.46. The van der Waals surface area contributed by atoms with Gasteiger partial charge in [-0.15, -0.1) is 0 Å². The molecule has 2 heterocycles. The fourth-order valence-electron chi connectivity index (χ4n) is 4.16. The lowest BCUT2D eigenvalue weighted by Gasteiger charge is -2.32. The van der Waals surface area contributed by atoms with E-state index in [1.54, 1.807) is 0 Å². The standard InChI is InChI=1S/C24H29N3O/c1-18(2)27-15-12-21-17-22(8-9-23(21)27)24(28)25-26-13-10-20(11-14-26)16-19-6-4-3-5-7-19/h3-9,12,15,17-18,20H,10-11,13-14,16H2,1-2H3,(H,25,28). The molecule has 0 spiro atoms. The topological polar surface area (TPSA) is 37.3 Å². The third kappa shape index (κ3) is 4.12. The van der Waals surface area contributed by atoms with Crippen molar-refractivity contribution in [3.63, 3.8) is 0 Å².